The highest BCUT2D eigenvalue weighted by Gasteiger charge is 2.07. The summed E-state index contributed by atoms with van der Waals surface area (Å²) in [6, 6.07) is 1.82. The van der Waals surface area contributed by atoms with E-state index >= 15 is 0 Å². The van der Waals surface area contributed by atoms with E-state index < -0.39 is 0 Å². The topological polar surface area (TPSA) is 55.0 Å². The Labute approximate surface area is 108 Å². The molecular weight excluding hydrogens is 248 g/mol. The number of nitrogens with zero attached hydrogens (tertiary/aromatic N) is 1. The zero-order valence-corrected chi connectivity index (χ0v) is 10.2. The lowest BCUT2D eigenvalue weighted by Gasteiger charge is -2.08. The van der Waals surface area contributed by atoms with E-state index in [1.54, 1.807) is 24.2 Å². The molecule has 0 saturated heterocycles. The number of nitrogens with one attached hydrogen (secondary N) is 1. The number of aromatic nitrogens is 2. The zero-order chi connectivity index (χ0) is 12.4. The lowest BCUT2D eigenvalue weighted by Crippen LogP contribution is -1.96. The Kier molecular flexibility index (Phi) is 2.90. The largest absolute Gasteiger partial charge is 0.456 e. The summed E-state index contributed by atoms with van der Waals surface area (Å²) in [6.07, 6.45) is 8.01. The molecule has 1 aliphatic heterocycles. The maximum atomic E-state index is 10.9. The predicted octanol–water partition coefficient (Wildman–Crippen LogP) is 2.90. The Morgan fingerprint density at radius 3 is 3.22 bits per heavy atom. The molecular formula is C13H10N2O2S. The van der Waals surface area contributed by atoms with Crippen molar-refractivity contribution in [1.29, 1.82) is 0 Å². The predicted molar refractivity (Wildman–Crippen MR) is 71.8 cm³/mol. The summed E-state index contributed by atoms with van der Waals surface area (Å²) in [7, 11) is 0. The van der Waals surface area contributed by atoms with Crippen molar-refractivity contribution in [2.75, 3.05) is 5.75 Å². The molecule has 0 saturated carbocycles. The monoisotopic (exact) mass is 258 g/mol. The number of carbonyl (C=O) groups excluding carboxylic acids is 1. The first-order chi connectivity index (χ1) is 8.86. The molecule has 90 valence electrons. The van der Waals surface area contributed by atoms with Crippen LogP contribution < -0.4 is 4.74 Å². The Morgan fingerprint density at radius 2 is 2.44 bits per heavy atom. The van der Waals surface area contributed by atoms with Crippen molar-refractivity contribution < 1.29 is 9.53 Å². The lowest BCUT2D eigenvalue weighted by atomic mass is 10.2. The molecule has 2 aromatic heterocycles. The van der Waals surface area contributed by atoms with Gasteiger partial charge in [0.15, 0.2) is 6.29 Å². The van der Waals surface area contributed by atoms with Crippen molar-refractivity contribution in [2.24, 2.45) is 0 Å². The molecule has 0 unspecified atom stereocenters. The molecule has 3 heterocycles. The number of hydrogen-bond acceptors (Lipinski definition) is 4. The fourth-order valence-electron chi connectivity index (χ4n) is 1.74. The zero-order valence-electron chi connectivity index (χ0n) is 9.42. The summed E-state index contributed by atoms with van der Waals surface area (Å²) in [4.78, 5) is 18.0. The Morgan fingerprint density at radius 1 is 1.50 bits per heavy atom. The molecule has 0 spiro atoms. The number of aldehydes is 1. The molecule has 0 radical (unpaired) electrons. The van der Waals surface area contributed by atoms with E-state index in [4.69, 9.17) is 4.74 Å². The van der Waals surface area contributed by atoms with E-state index in [2.05, 4.69) is 9.97 Å². The average molecular weight is 258 g/mol. The highest BCUT2D eigenvalue weighted by molar-refractivity contribution is 8.02. The summed E-state index contributed by atoms with van der Waals surface area (Å²) >= 11 is 1.72. The summed E-state index contributed by atoms with van der Waals surface area (Å²) in [6.45, 7) is 0. The van der Waals surface area contributed by atoms with Crippen molar-refractivity contribution in [2.45, 2.75) is 0 Å². The van der Waals surface area contributed by atoms with Gasteiger partial charge in [0.2, 0.25) is 0 Å². The van der Waals surface area contributed by atoms with Gasteiger partial charge in [0.05, 0.1) is 6.20 Å². The maximum Gasteiger partial charge on any atom is 0.152 e. The van der Waals surface area contributed by atoms with Gasteiger partial charge in [0, 0.05) is 22.9 Å². The number of H-pyrrole nitrogens is 1. The van der Waals surface area contributed by atoms with Crippen LogP contribution in [0.5, 0.6) is 5.75 Å². The summed E-state index contributed by atoms with van der Waals surface area (Å²) in [5, 5.41) is 2.77. The summed E-state index contributed by atoms with van der Waals surface area (Å²) < 4.78 is 5.70. The van der Waals surface area contributed by atoms with E-state index in [1.165, 1.54) is 0 Å². The van der Waals surface area contributed by atoms with Crippen LogP contribution in [0, 0.1) is 0 Å². The van der Waals surface area contributed by atoms with Crippen LogP contribution in [0.3, 0.4) is 0 Å². The second kappa shape index (κ2) is 4.70. The number of carbonyl (C=O) groups is 1. The number of allylic oxidation sites excluding steroid dienone is 1. The minimum atomic E-state index is 0.590. The fraction of sp³-hybridized carbons (Fsp3) is 0.0769. The van der Waals surface area contributed by atoms with Gasteiger partial charge in [-0.05, 0) is 23.6 Å². The van der Waals surface area contributed by atoms with Gasteiger partial charge in [-0.25, -0.2) is 4.98 Å². The second-order valence-corrected chi connectivity index (χ2v) is 4.71. The first-order valence-corrected chi connectivity index (χ1v) is 6.50. The molecule has 1 aliphatic rings. The molecule has 4 nitrogen and oxygen atoms in total. The molecule has 5 heteroatoms. The van der Waals surface area contributed by atoms with E-state index in [0.717, 1.165) is 23.2 Å². The SMILES string of the molecule is O=Cc1c[nH]c2ncc(OC3=CCSC=C3)cc12. The normalized spacial score (nSPS) is 14.6. The highest BCUT2D eigenvalue weighted by Crippen LogP contribution is 2.23. The van der Waals surface area contributed by atoms with Crippen molar-refractivity contribution in [1.82, 2.24) is 9.97 Å². The third-order valence-corrected chi connectivity index (χ3v) is 3.30. The van der Waals surface area contributed by atoms with Crippen LogP contribution in [0.4, 0.5) is 0 Å². The molecule has 0 atom stereocenters. The number of fused-ring (bicyclic) bond motifs is 1. The van der Waals surface area contributed by atoms with E-state index in [-0.39, 0.29) is 0 Å². The highest BCUT2D eigenvalue weighted by atomic mass is 32.2. The van der Waals surface area contributed by atoms with Gasteiger partial charge >= 0.3 is 0 Å². The number of aromatic amines is 1. The van der Waals surface area contributed by atoms with Crippen molar-refractivity contribution in [3.05, 3.63) is 47.3 Å². The number of rotatable bonds is 3. The van der Waals surface area contributed by atoms with Crippen LogP contribution in [0.25, 0.3) is 11.0 Å². The lowest BCUT2D eigenvalue weighted by molar-refractivity contribution is 0.112. The number of pyridine rings is 1. The van der Waals surface area contributed by atoms with Gasteiger partial charge in [-0.3, -0.25) is 4.79 Å². The van der Waals surface area contributed by atoms with Gasteiger partial charge in [-0.2, -0.15) is 0 Å². The Hall–Kier alpha value is -2.01. The van der Waals surface area contributed by atoms with Crippen LogP contribution >= 0.6 is 11.8 Å². The molecule has 0 aromatic carbocycles. The van der Waals surface area contributed by atoms with Gasteiger partial charge < -0.3 is 9.72 Å². The van der Waals surface area contributed by atoms with E-state index in [9.17, 15) is 4.79 Å². The molecule has 18 heavy (non-hydrogen) atoms. The van der Waals surface area contributed by atoms with Crippen molar-refractivity contribution in [3.8, 4) is 5.75 Å². The third kappa shape index (κ3) is 2.04. The Balaban J connectivity index is 1.94. The van der Waals surface area contributed by atoms with Gasteiger partial charge in [0.25, 0.3) is 0 Å². The third-order valence-electron chi connectivity index (χ3n) is 2.61. The molecule has 0 aliphatic carbocycles. The molecule has 2 aromatic rings. The van der Waals surface area contributed by atoms with Gasteiger partial charge in [0.1, 0.15) is 17.2 Å². The summed E-state index contributed by atoms with van der Waals surface area (Å²) in [5.74, 6) is 2.34. The van der Waals surface area contributed by atoms with Crippen molar-refractivity contribution in [3.63, 3.8) is 0 Å². The number of ether oxygens (including phenoxy) is 1. The van der Waals surface area contributed by atoms with Crippen LogP contribution in [0.15, 0.2) is 41.8 Å². The maximum absolute atomic E-state index is 10.9. The van der Waals surface area contributed by atoms with E-state index in [1.807, 2.05) is 23.6 Å². The second-order valence-electron chi connectivity index (χ2n) is 3.77. The minimum Gasteiger partial charge on any atom is -0.456 e. The number of hydrogen-bond donors (Lipinski definition) is 1. The van der Waals surface area contributed by atoms with Crippen LogP contribution in [0.2, 0.25) is 0 Å². The Bertz CT molecular complexity index is 658. The van der Waals surface area contributed by atoms with Gasteiger partial charge in [-0.15, -0.1) is 11.8 Å². The first-order valence-electron chi connectivity index (χ1n) is 5.45. The molecule has 3 rings (SSSR count). The summed E-state index contributed by atoms with van der Waals surface area (Å²) in [5.41, 5.74) is 1.28. The molecule has 0 fully saturated rings. The average Bonchev–Trinajstić information content (AvgIpc) is 2.82. The minimum absolute atomic E-state index is 0.590. The smallest absolute Gasteiger partial charge is 0.152 e. The standard InChI is InChI=1S/C13H10N2O2S/c16-8-9-6-14-13-12(9)5-11(7-15-13)17-10-1-3-18-4-2-10/h1-3,5-8H,4H2,(H,14,15). The fourth-order valence-corrected chi connectivity index (χ4v) is 2.34. The van der Waals surface area contributed by atoms with E-state index in [0.29, 0.717) is 17.0 Å². The molecule has 0 bridgehead atoms. The first kappa shape index (κ1) is 11.1. The quantitative estimate of drug-likeness (QED) is 0.860. The number of thioether (sulfide) groups is 1. The molecule has 1 N–H and O–H groups in total. The van der Waals surface area contributed by atoms with Crippen LogP contribution in [-0.4, -0.2) is 22.0 Å². The molecule has 0 amide bonds. The van der Waals surface area contributed by atoms with Crippen LogP contribution in [-0.2, 0) is 0 Å². The van der Waals surface area contributed by atoms with Crippen molar-refractivity contribution >= 4 is 29.1 Å². The van der Waals surface area contributed by atoms with Gasteiger partial charge in [-0.1, -0.05) is 0 Å². The van der Waals surface area contributed by atoms with Crippen LogP contribution in [0.1, 0.15) is 10.4 Å².